The highest BCUT2D eigenvalue weighted by Crippen LogP contribution is 2.19. The minimum atomic E-state index is -0.173. The fraction of sp³-hybridized carbons (Fsp3) is 0.353. The lowest BCUT2D eigenvalue weighted by molar-refractivity contribution is -0.116. The van der Waals surface area contributed by atoms with E-state index in [1.165, 1.54) is 6.07 Å². The Labute approximate surface area is 135 Å². The minimum Gasteiger partial charge on any atom is -0.326 e. The summed E-state index contributed by atoms with van der Waals surface area (Å²) in [7, 11) is 1.86. The van der Waals surface area contributed by atoms with E-state index in [2.05, 4.69) is 20.6 Å². The van der Waals surface area contributed by atoms with Gasteiger partial charge in [0, 0.05) is 29.4 Å². The van der Waals surface area contributed by atoms with Crippen LogP contribution in [-0.2, 0) is 11.2 Å². The van der Waals surface area contributed by atoms with Gasteiger partial charge in [0.2, 0.25) is 5.91 Å². The molecule has 0 atom stereocenters. The summed E-state index contributed by atoms with van der Waals surface area (Å²) in [5, 5.41) is 5.88. The minimum absolute atomic E-state index is 0.0267. The molecule has 2 aromatic rings. The Kier molecular flexibility index (Phi) is 6.05. The number of carbonyl (C=O) groups excluding carboxylic acids is 1. The number of amides is 1. The number of benzene rings is 1. The van der Waals surface area contributed by atoms with Crippen molar-refractivity contribution in [3.63, 3.8) is 0 Å². The third-order valence-electron chi connectivity index (χ3n) is 3.41. The Bertz CT molecular complexity index is 725. The molecule has 3 N–H and O–H groups in total. The molecule has 122 valence electrons. The number of anilines is 1. The highest BCUT2D eigenvalue weighted by Gasteiger charge is 2.06. The van der Waals surface area contributed by atoms with Crippen molar-refractivity contribution in [2.24, 2.45) is 0 Å². The van der Waals surface area contributed by atoms with E-state index in [1.54, 1.807) is 0 Å². The lowest BCUT2D eigenvalue weighted by Crippen LogP contribution is -2.15. The maximum atomic E-state index is 11.9. The maximum Gasteiger partial charge on any atom is 0.251 e. The van der Waals surface area contributed by atoms with Crippen LogP contribution >= 0.6 is 0 Å². The lowest BCUT2D eigenvalue weighted by atomic mass is 10.1. The molecule has 0 saturated heterocycles. The first-order valence-electron chi connectivity index (χ1n) is 7.77. The third-order valence-corrected chi connectivity index (χ3v) is 3.41. The van der Waals surface area contributed by atoms with Crippen LogP contribution < -0.4 is 16.2 Å². The van der Waals surface area contributed by atoms with Gasteiger partial charge in [-0.3, -0.25) is 9.59 Å². The monoisotopic (exact) mass is 314 g/mol. The van der Waals surface area contributed by atoms with Crippen molar-refractivity contribution in [2.45, 2.75) is 26.2 Å². The zero-order chi connectivity index (χ0) is 16.7. The van der Waals surface area contributed by atoms with Crippen molar-refractivity contribution in [3.05, 3.63) is 46.4 Å². The molecular formula is C17H22N4O2. The van der Waals surface area contributed by atoms with Crippen LogP contribution in [0.1, 0.15) is 25.5 Å². The van der Waals surface area contributed by atoms with Gasteiger partial charge in [0.25, 0.3) is 5.56 Å². The van der Waals surface area contributed by atoms with Crippen molar-refractivity contribution in [2.75, 3.05) is 18.9 Å². The van der Waals surface area contributed by atoms with Crippen molar-refractivity contribution in [1.82, 2.24) is 15.3 Å². The maximum absolute atomic E-state index is 11.9. The van der Waals surface area contributed by atoms with Gasteiger partial charge in [0.15, 0.2) is 0 Å². The van der Waals surface area contributed by atoms with Crippen LogP contribution in [0.5, 0.6) is 0 Å². The molecule has 1 aromatic carbocycles. The summed E-state index contributed by atoms with van der Waals surface area (Å²) in [6.07, 6.45) is 1.94. The summed E-state index contributed by atoms with van der Waals surface area (Å²) in [5.74, 6) is 0.488. The number of nitrogens with one attached hydrogen (secondary N) is 3. The number of carbonyl (C=O) groups is 1. The number of H-pyrrole nitrogens is 1. The average Bonchev–Trinajstić information content (AvgIpc) is 2.54. The molecule has 1 amide bonds. The Balaban J connectivity index is 2.15. The van der Waals surface area contributed by atoms with E-state index in [9.17, 15) is 9.59 Å². The molecule has 0 fully saturated rings. The Morgan fingerprint density at radius 1 is 1.30 bits per heavy atom. The second-order valence-electron chi connectivity index (χ2n) is 5.27. The van der Waals surface area contributed by atoms with Crippen LogP contribution in [0.15, 0.2) is 35.1 Å². The zero-order valence-electron chi connectivity index (χ0n) is 13.5. The van der Waals surface area contributed by atoms with Gasteiger partial charge in [-0.05, 0) is 38.6 Å². The predicted molar refractivity (Wildman–Crippen MR) is 91.5 cm³/mol. The smallest absolute Gasteiger partial charge is 0.251 e. The van der Waals surface area contributed by atoms with E-state index in [0.29, 0.717) is 24.4 Å². The number of aryl methyl sites for hydroxylation is 1. The van der Waals surface area contributed by atoms with Crippen LogP contribution in [0.3, 0.4) is 0 Å². The quantitative estimate of drug-likeness (QED) is 0.682. The number of hydrogen-bond acceptors (Lipinski definition) is 4. The highest BCUT2D eigenvalue weighted by atomic mass is 16.1. The normalized spacial score (nSPS) is 10.5. The molecule has 0 aliphatic rings. The number of nitrogens with zero attached hydrogens (tertiary/aromatic N) is 1. The molecule has 1 aromatic heterocycles. The molecule has 6 heteroatoms. The summed E-state index contributed by atoms with van der Waals surface area (Å²) in [6, 6.07) is 8.82. The first-order valence-corrected chi connectivity index (χ1v) is 7.77. The SMILES string of the molecule is CCc1cc(=O)[nH]c(-c2cccc(NC(=O)CCCNC)c2)n1. The Hall–Kier alpha value is -2.47. The van der Waals surface area contributed by atoms with E-state index in [-0.39, 0.29) is 11.5 Å². The van der Waals surface area contributed by atoms with Gasteiger partial charge in [-0.1, -0.05) is 19.1 Å². The van der Waals surface area contributed by atoms with Gasteiger partial charge in [0.05, 0.1) is 0 Å². The summed E-state index contributed by atoms with van der Waals surface area (Å²) in [4.78, 5) is 30.7. The van der Waals surface area contributed by atoms with Gasteiger partial charge in [-0.2, -0.15) is 0 Å². The summed E-state index contributed by atoms with van der Waals surface area (Å²) in [6.45, 7) is 2.76. The van der Waals surface area contributed by atoms with Crippen LogP contribution in [0.25, 0.3) is 11.4 Å². The molecule has 0 aliphatic carbocycles. The standard InChI is InChI=1S/C17H22N4O2/c1-3-13-11-16(23)21-17(20-13)12-6-4-7-14(10-12)19-15(22)8-5-9-18-2/h4,6-7,10-11,18H,3,5,8-9H2,1-2H3,(H,19,22)(H,20,21,23). The summed E-state index contributed by atoms with van der Waals surface area (Å²) in [5.41, 5.74) is 2.03. The second kappa shape index (κ2) is 8.24. The molecule has 2 rings (SSSR count). The molecule has 23 heavy (non-hydrogen) atoms. The first-order chi connectivity index (χ1) is 11.1. The zero-order valence-corrected chi connectivity index (χ0v) is 13.5. The van der Waals surface area contributed by atoms with Gasteiger partial charge >= 0.3 is 0 Å². The average molecular weight is 314 g/mol. The largest absolute Gasteiger partial charge is 0.326 e. The van der Waals surface area contributed by atoms with Gasteiger partial charge in [-0.15, -0.1) is 0 Å². The summed E-state index contributed by atoms with van der Waals surface area (Å²) >= 11 is 0. The molecule has 0 spiro atoms. The predicted octanol–water partition coefficient (Wildman–Crippen LogP) is 1.94. The number of rotatable bonds is 7. The van der Waals surface area contributed by atoms with Gasteiger partial charge < -0.3 is 15.6 Å². The molecule has 0 bridgehead atoms. The molecule has 1 heterocycles. The van der Waals surface area contributed by atoms with E-state index >= 15 is 0 Å². The number of aromatic amines is 1. The Morgan fingerprint density at radius 2 is 2.13 bits per heavy atom. The van der Waals surface area contributed by atoms with Crippen LogP contribution in [0.4, 0.5) is 5.69 Å². The molecule has 0 saturated carbocycles. The van der Waals surface area contributed by atoms with Crippen molar-refractivity contribution in [1.29, 1.82) is 0 Å². The lowest BCUT2D eigenvalue weighted by Gasteiger charge is -2.08. The molecular weight excluding hydrogens is 292 g/mol. The third kappa shape index (κ3) is 5.03. The van der Waals surface area contributed by atoms with Crippen molar-refractivity contribution in [3.8, 4) is 11.4 Å². The summed E-state index contributed by atoms with van der Waals surface area (Å²) < 4.78 is 0. The van der Waals surface area contributed by atoms with Crippen molar-refractivity contribution < 1.29 is 4.79 Å². The number of aromatic nitrogens is 2. The molecule has 6 nitrogen and oxygen atoms in total. The van der Waals surface area contributed by atoms with E-state index in [4.69, 9.17) is 0 Å². The van der Waals surface area contributed by atoms with Gasteiger partial charge in [-0.25, -0.2) is 4.98 Å². The van der Waals surface area contributed by atoms with Crippen LogP contribution in [-0.4, -0.2) is 29.5 Å². The second-order valence-corrected chi connectivity index (χ2v) is 5.27. The van der Waals surface area contributed by atoms with E-state index < -0.39 is 0 Å². The fourth-order valence-electron chi connectivity index (χ4n) is 2.22. The molecule has 0 unspecified atom stereocenters. The van der Waals surface area contributed by atoms with E-state index in [0.717, 1.165) is 24.2 Å². The van der Waals surface area contributed by atoms with E-state index in [1.807, 2.05) is 38.2 Å². The van der Waals surface area contributed by atoms with Crippen molar-refractivity contribution >= 4 is 11.6 Å². The topological polar surface area (TPSA) is 86.9 Å². The Morgan fingerprint density at radius 3 is 2.87 bits per heavy atom. The molecule has 0 radical (unpaired) electrons. The number of hydrogen-bond donors (Lipinski definition) is 3. The fourth-order valence-corrected chi connectivity index (χ4v) is 2.22. The highest BCUT2D eigenvalue weighted by molar-refractivity contribution is 5.91. The van der Waals surface area contributed by atoms with Crippen LogP contribution in [0.2, 0.25) is 0 Å². The van der Waals surface area contributed by atoms with Crippen LogP contribution in [0, 0.1) is 0 Å². The molecule has 0 aliphatic heterocycles. The van der Waals surface area contributed by atoms with Gasteiger partial charge in [0.1, 0.15) is 5.82 Å². The first kappa shape index (κ1) is 16.9.